The smallest absolute Gasteiger partial charge is 0.246 e. The zero-order chi connectivity index (χ0) is 21.8. The lowest BCUT2D eigenvalue weighted by atomic mass is 9.95. The van der Waals surface area contributed by atoms with Gasteiger partial charge in [0, 0.05) is 18.8 Å². The maximum absolute atomic E-state index is 13.4. The molecule has 0 saturated heterocycles. The Hall–Kier alpha value is -3.31. The Morgan fingerprint density at radius 3 is 2.23 bits per heavy atom. The quantitative estimate of drug-likeness (QED) is 0.630. The molecule has 1 aliphatic heterocycles. The topological polar surface area (TPSA) is 50.8 Å². The van der Waals surface area contributed by atoms with Gasteiger partial charge < -0.3 is 14.8 Å². The summed E-state index contributed by atoms with van der Waals surface area (Å²) in [6.45, 7) is 3.48. The van der Waals surface area contributed by atoms with Crippen molar-refractivity contribution in [1.82, 2.24) is 4.90 Å². The summed E-state index contributed by atoms with van der Waals surface area (Å²) in [6.07, 6.45) is 0.844. The Kier molecular flexibility index (Phi) is 6.23. The third kappa shape index (κ3) is 4.57. The molecule has 0 aliphatic carbocycles. The van der Waals surface area contributed by atoms with E-state index >= 15 is 0 Å². The summed E-state index contributed by atoms with van der Waals surface area (Å²) in [7, 11) is 3.30. The highest BCUT2D eigenvalue weighted by atomic mass is 16.5. The summed E-state index contributed by atoms with van der Waals surface area (Å²) in [5.41, 5.74) is 5.35. The number of nitrogens with one attached hydrogen (secondary N) is 1. The Bertz CT molecular complexity index is 1050. The molecule has 0 fully saturated rings. The van der Waals surface area contributed by atoms with E-state index in [9.17, 15) is 4.79 Å². The van der Waals surface area contributed by atoms with Gasteiger partial charge in [-0.15, -0.1) is 0 Å². The molecule has 160 valence electrons. The van der Waals surface area contributed by atoms with E-state index in [4.69, 9.17) is 9.47 Å². The van der Waals surface area contributed by atoms with Crippen LogP contribution in [0.25, 0.3) is 0 Å². The summed E-state index contributed by atoms with van der Waals surface area (Å²) in [6, 6.07) is 21.6. The number of amides is 1. The molecule has 0 saturated carbocycles. The van der Waals surface area contributed by atoms with Crippen molar-refractivity contribution in [2.45, 2.75) is 25.9 Å². The van der Waals surface area contributed by atoms with Crippen molar-refractivity contribution in [3.8, 4) is 11.5 Å². The second-order valence-corrected chi connectivity index (χ2v) is 7.86. The first kappa shape index (κ1) is 20.9. The molecule has 3 aromatic carbocycles. The second-order valence-electron chi connectivity index (χ2n) is 7.86. The summed E-state index contributed by atoms with van der Waals surface area (Å²) in [5, 5.41) is 3.10. The minimum atomic E-state index is -0.385. The average Bonchev–Trinajstić information content (AvgIpc) is 2.80. The zero-order valence-corrected chi connectivity index (χ0v) is 18.2. The van der Waals surface area contributed by atoms with Crippen molar-refractivity contribution >= 4 is 11.6 Å². The molecule has 0 spiro atoms. The van der Waals surface area contributed by atoms with Crippen LogP contribution >= 0.6 is 0 Å². The lowest BCUT2D eigenvalue weighted by molar-refractivity contribution is -0.122. The van der Waals surface area contributed by atoms with E-state index in [2.05, 4.69) is 16.3 Å². The van der Waals surface area contributed by atoms with Gasteiger partial charge in [-0.25, -0.2) is 0 Å². The van der Waals surface area contributed by atoms with E-state index < -0.39 is 0 Å². The van der Waals surface area contributed by atoms with Crippen LogP contribution in [0, 0.1) is 6.92 Å². The van der Waals surface area contributed by atoms with Crippen LogP contribution < -0.4 is 14.8 Å². The standard InChI is InChI=1S/C26H28N2O3/c1-18-9-11-22(12-10-18)27-26(29)25(19-7-5-4-6-8-19)28-14-13-20-15-23(30-2)24(31-3)16-21(20)17-28/h4-12,15-16,25H,13-14,17H2,1-3H3,(H,27,29). The maximum atomic E-state index is 13.4. The summed E-state index contributed by atoms with van der Waals surface area (Å²) >= 11 is 0. The van der Waals surface area contributed by atoms with Crippen molar-refractivity contribution in [2.75, 3.05) is 26.1 Å². The van der Waals surface area contributed by atoms with Crippen LogP contribution in [0.3, 0.4) is 0 Å². The van der Waals surface area contributed by atoms with E-state index in [-0.39, 0.29) is 11.9 Å². The summed E-state index contributed by atoms with van der Waals surface area (Å²) in [4.78, 5) is 15.7. The highest BCUT2D eigenvalue weighted by Gasteiger charge is 2.31. The molecule has 0 bridgehead atoms. The van der Waals surface area contributed by atoms with E-state index in [0.717, 1.165) is 41.1 Å². The molecule has 1 aliphatic rings. The molecule has 4 rings (SSSR count). The van der Waals surface area contributed by atoms with Gasteiger partial charge in [-0.1, -0.05) is 48.0 Å². The van der Waals surface area contributed by atoms with Gasteiger partial charge in [0.2, 0.25) is 5.91 Å². The van der Waals surface area contributed by atoms with Crippen molar-refractivity contribution in [3.05, 3.63) is 89.0 Å². The van der Waals surface area contributed by atoms with Crippen molar-refractivity contribution in [2.24, 2.45) is 0 Å². The molecule has 1 amide bonds. The Morgan fingerprint density at radius 2 is 1.58 bits per heavy atom. The number of carbonyl (C=O) groups is 1. The number of rotatable bonds is 6. The summed E-state index contributed by atoms with van der Waals surface area (Å²) in [5.74, 6) is 1.42. The van der Waals surface area contributed by atoms with Gasteiger partial charge in [0.25, 0.3) is 0 Å². The average molecular weight is 417 g/mol. The molecule has 5 nitrogen and oxygen atoms in total. The molecule has 31 heavy (non-hydrogen) atoms. The molecule has 0 aromatic heterocycles. The predicted octanol–water partition coefficient (Wildman–Crippen LogP) is 4.75. The number of nitrogens with zero attached hydrogens (tertiary/aromatic N) is 1. The fourth-order valence-corrected chi connectivity index (χ4v) is 4.14. The predicted molar refractivity (Wildman–Crippen MR) is 123 cm³/mol. The molecular formula is C26H28N2O3. The molecule has 1 atom stereocenters. The lowest BCUT2D eigenvalue weighted by Gasteiger charge is -2.35. The minimum absolute atomic E-state index is 0.0287. The van der Waals surface area contributed by atoms with E-state index in [1.54, 1.807) is 14.2 Å². The molecule has 1 heterocycles. The fraction of sp³-hybridized carbons (Fsp3) is 0.269. The van der Waals surface area contributed by atoms with Crippen LogP contribution in [-0.2, 0) is 17.8 Å². The number of ether oxygens (including phenoxy) is 2. The Labute approximate surface area is 183 Å². The van der Waals surface area contributed by atoms with E-state index in [1.807, 2.05) is 67.6 Å². The number of aryl methyl sites for hydroxylation is 1. The first-order chi connectivity index (χ1) is 15.1. The fourth-order valence-electron chi connectivity index (χ4n) is 4.14. The van der Waals surface area contributed by atoms with Gasteiger partial charge in [-0.2, -0.15) is 0 Å². The third-order valence-electron chi connectivity index (χ3n) is 5.80. The number of anilines is 1. The molecule has 0 radical (unpaired) electrons. The zero-order valence-electron chi connectivity index (χ0n) is 18.2. The Balaban J connectivity index is 1.63. The molecule has 1 N–H and O–H groups in total. The first-order valence-electron chi connectivity index (χ1n) is 10.5. The molecule has 1 unspecified atom stereocenters. The largest absolute Gasteiger partial charge is 0.493 e. The van der Waals surface area contributed by atoms with Gasteiger partial charge in [0.1, 0.15) is 6.04 Å². The van der Waals surface area contributed by atoms with Crippen LogP contribution in [-0.4, -0.2) is 31.6 Å². The van der Waals surface area contributed by atoms with Crippen LogP contribution in [0.15, 0.2) is 66.7 Å². The lowest BCUT2D eigenvalue weighted by Crippen LogP contribution is -2.40. The number of hydrogen-bond donors (Lipinski definition) is 1. The van der Waals surface area contributed by atoms with Gasteiger partial charge in [-0.3, -0.25) is 9.69 Å². The monoisotopic (exact) mass is 416 g/mol. The highest BCUT2D eigenvalue weighted by Crippen LogP contribution is 2.35. The third-order valence-corrected chi connectivity index (χ3v) is 5.80. The molecular weight excluding hydrogens is 388 g/mol. The second kappa shape index (κ2) is 9.23. The number of fused-ring (bicyclic) bond motifs is 1. The maximum Gasteiger partial charge on any atom is 0.246 e. The van der Waals surface area contributed by atoms with Crippen LogP contribution in [0.5, 0.6) is 11.5 Å². The highest BCUT2D eigenvalue weighted by molar-refractivity contribution is 5.95. The Morgan fingerprint density at radius 1 is 0.935 bits per heavy atom. The normalized spacial score (nSPS) is 14.4. The minimum Gasteiger partial charge on any atom is -0.493 e. The van der Waals surface area contributed by atoms with Crippen LogP contribution in [0.1, 0.15) is 28.3 Å². The summed E-state index contributed by atoms with van der Waals surface area (Å²) < 4.78 is 11.0. The van der Waals surface area contributed by atoms with Gasteiger partial charge >= 0.3 is 0 Å². The van der Waals surface area contributed by atoms with Crippen LogP contribution in [0.2, 0.25) is 0 Å². The number of benzene rings is 3. The van der Waals surface area contributed by atoms with E-state index in [1.165, 1.54) is 5.56 Å². The van der Waals surface area contributed by atoms with Gasteiger partial charge in [0.05, 0.1) is 14.2 Å². The van der Waals surface area contributed by atoms with Crippen LogP contribution in [0.4, 0.5) is 5.69 Å². The number of hydrogen-bond acceptors (Lipinski definition) is 4. The van der Waals surface area contributed by atoms with Crippen molar-refractivity contribution < 1.29 is 14.3 Å². The van der Waals surface area contributed by atoms with Gasteiger partial charge in [0.15, 0.2) is 11.5 Å². The molecule has 5 heteroatoms. The number of methoxy groups -OCH3 is 2. The van der Waals surface area contributed by atoms with E-state index in [0.29, 0.717) is 12.3 Å². The first-order valence-corrected chi connectivity index (χ1v) is 10.5. The molecule has 3 aromatic rings. The van der Waals surface area contributed by atoms with Gasteiger partial charge in [-0.05, 0) is 54.3 Å². The van der Waals surface area contributed by atoms with Crippen molar-refractivity contribution in [3.63, 3.8) is 0 Å². The SMILES string of the molecule is COc1cc2c(cc1OC)CN(C(C(=O)Nc1ccc(C)cc1)c1ccccc1)CC2. The number of carbonyl (C=O) groups excluding carboxylic acids is 1. The van der Waals surface area contributed by atoms with Crippen molar-refractivity contribution in [1.29, 1.82) is 0 Å².